The van der Waals surface area contributed by atoms with E-state index in [1.807, 2.05) is 5.32 Å². The molecule has 1 atom stereocenters. The number of halogens is 2. The first kappa shape index (κ1) is 7.40. The van der Waals surface area contributed by atoms with E-state index < -0.39 is 24.4 Å². The Hall–Kier alpha value is -0.710. The highest BCUT2D eigenvalue weighted by Gasteiger charge is 2.44. The third kappa shape index (κ3) is 1.23. The SMILES string of the molecule is O=C1NC[C@H](O)CC1(F)F. The number of carbonyl (C=O) groups is 1. The molecule has 0 bridgehead atoms. The Morgan fingerprint density at radius 3 is 2.70 bits per heavy atom. The molecule has 5 heteroatoms. The van der Waals surface area contributed by atoms with Gasteiger partial charge in [0.25, 0.3) is 5.91 Å². The fourth-order valence-electron chi connectivity index (χ4n) is 0.801. The van der Waals surface area contributed by atoms with Crippen molar-refractivity contribution in [2.75, 3.05) is 6.54 Å². The summed E-state index contributed by atoms with van der Waals surface area (Å²) in [6.45, 7) is -0.0750. The molecule has 1 heterocycles. The van der Waals surface area contributed by atoms with E-state index in [1.165, 1.54) is 0 Å². The van der Waals surface area contributed by atoms with Crippen molar-refractivity contribution in [3.05, 3.63) is 0 Å². The van der Waals surface area contributed by atoms with E-state index in [1.54, 1.807) is 0 Å². The third-order valence-electron chi connectivity index (χ3n) is 1.32. The number of rotatable bonds is 0. The molecule has 1 aliphatic heterocycles. The molecule has 3 nitrogen and oxygen atoms in total. The molecule has 1 saturated heterocycles. The van der Waals surface area contributed by atoms with E-state index in [9.17, 15) is 13.6 Å². The topological polar surface area (TPSA) is 49.3 Å². The summed E-state index contributed by atoms with van der Waals surface area (Å²) in [5.41, 5.74) is 0. The number of piperidine rings is 1. The van der Waals surface area contributed by atoms with Gasteiger partial charge in [0.05, 0.1) is 6.10 Å². The van der Waals surface area contributed by atoms with Gasteiger partial charge >= 0.3 is 5.92 Å². The number of hydrogen-bond acceptors (Lipinski definition) is 2. The number of aliphatic hydroxyl groups is 1. The Bertz CT molecular complexity index is 160. The van der Waals surface area contributed by atoms with Gasteiger partial charge in [0.15, 0.2) is 0 Å². The fraction of sp³-hybridized carbons (Fsp3) is 0.800. The van der Waals surface area contributed by atoms with Crippen molar-refractivity contribution in [1.29, 1.82) is 0 Å². The van der Waals surface area contributed by atoms with Gasteiger partial charge in [0.1, 0.15) is 0 Å². The van der Waals surface area contributed by atoms with Crippen LogP contribution in [0, 0.1) is 0 Å². The summed E-state index contributed by atoms with van der Waals surface area (Å²) in [5.74, 6) is -4.68. The molecular formula is C5H7F2NO2. The van der Waals surface area contributed by atoms with Crippen LogP contribution in [0.25, 0.3) is 0 Å². The zero-order valence-corrected chi connectivity index (χ0v) is 5.10. The molecule has 0 radical (unpaired) electrons. The average molecular weight is 151 g/mol. The molecule has 10 heavy (non-hydrogen) atoms. The number of carbonyl (C=O) groups excluding carboxylic acids is 1. The Labute approximate surface area is 56.0 Å². The second kappa shape index (κ2) is 2.16. The van der Waals surface area contributed by atoms with Gasteiger partial charge in [0, 0.05) is 13.0 Å². The molecule has 2 N–H and O–H groups in total. The van der Waals surface area contributed by atoms with Crippen molar-refractivity contribution in [2.45, 2.75) is 18.4 Å². The van der Waals surface area contributed by atoms with Gasteiger partial charge < -0.3 is 10.4 Å². The molecule has 0 spiro atoms. The van der Waals surface area contributed by atoms with Gasteiger partial charge in [-0.25, -0.2) is 0 Å². The number of aliphatic hydroxyl groups excluding tert-OH is 1. The normalized spacial score (nSPS) is 31.5. The van der Waals surface area contributed by atoms with Crippen LogP contribution in [0.4, 0.5) is 8.78 Å². The van der Waals surface area contributed by atoms with E-state index in [4.69, 9.17) is 5.11 Å². The van der Waals surface area contributed by atoms with Crippen molar-refractivity contribution in [2.24, 2.45) is 0 Å². The largest absolute Gasteiger partial charge is 0.391 e. The van der Waals surface area contributed by atoms with Gasteiger partial charge in [-0.3, -0.25) is 4.79 Å². The van der Waals surface area contributed by atoms with Crippen LogP contribution in [-0.2, 0) is 4.79 Å². The number of alkyl halides is 2. The smallest absolute Gasteiger partial charge is 0.327 e. The predicted octanol–water partition coefficient (Wildman–Crippen LogP) is -0.498. The molecule has 58 valence electrons. The van der Waals surface area contributed by atoms with E-state index in [0.29, 0.717) is 0 Å². The molecule has 1 fully saturated rings. The van der Waals surface area contributed by atoms with Crippen LogP contribution in [-0.4, -0.2) is 29.6 Å². The van der Waals surface area contributed by atoms with E-state index in [0.717, 1.165) is 0 Å². The van der Waals surface area contributed by atoms with Gasteiger partial charge in [0.2, 0.25) is 0 Å². The first-order valence-electron chi connectivity index (χ1n) is 2.86. The van der Waals surface area contributed by atoms with E-state index in [2.05, 4.69) is 0 Å². The van der Waals surface area contributed by atoms with Crippen LogP contribution < -0.4 is 5.32 Å². The highest BCUT2D eigenvalue weighted by molar-refractivity contribution is 5.84. The lowest BCUT2D eigenvalue weighted by molar-refractivity contribution is -0.155. The molecule has 0 unspecified atom stereocenters. The maximum Gasteiger partial charge on any atom is 0.327 e. The molecule has 0 aromatic rings. The highest BCUT2D eigenvalue weighted by atomic mass is 19.3. The van der Waals surface area contributed by atoms with Crippen LogP contribution >= 0.6 is 0 Å². The summed E-state index contributed by atoms with van der Waals surface area (Å²) < 4.78 is 24.6. The van der Waals surface area contributed by atoms with Crippen molar-refractivity contribution in [1.82, 2.24) is 5.32 Å². The van der Waals surface area contributed by atoms with E-state index >= 15 is 0 Å². The molecule has 0 aromatic heterocycles. The summed E-state index contributed by atoms with van der Waals surface area (Å²) in [4.78, 5) is 10.3. The Balaban J connectivity index is 2.63. The summed E-state index contributed by atoms with van der Waals surface area (Å²) in [5, 5.41) is 10.6. The maximum atomic E-state index is 12.3. The summed E-state index contributed by atoms with van der Waals surface area (Å²) in [7, 11) is 0. The minimum absolute atomic E-state index is 0.0750. The zero-order valence-electron chi connectivity index (χ0n) is 5.10. The Morgan fingerprint density at radius 2 is 2.30 bits per heavy atom. The van der Waals surface area contributed by atoms with Gasteiger partial charge in [-0.2, -0.15) is 8.78 Å². The lowest BCUT2D eigenvalue weighted by Gasteiger charge is -2.24. The summed E-state index contributed by atoms with van der Waals surface area (Å²) in [6.07, 6.45) is -1.88. The lowest BCUT2D eigenvalue weighted by Crippen LogP contribution is -2.51. The number of hydrogen-bond donors (Lipinski definition) is 2. The van der Waals surface area contributed by atoms with Gasteiger partial charge in [-0.05, 0) is 0 Å². The minimum atomic E-state index is -3.39. The third-order valence-corrected chi connectivity index (χ3v) is 1.32. The average Bonchev–Trinajstić information content (AvgIpc) is 1.78. The van der Waals surface area contributed by atoms with Crippen molar-refractivity contribution in [3.63, 3.8) is 0 Å². The van der Waals surface area contributed by atoms with Gasteiger partial charge in [-0.1, -0.05) is 0 Å². The van der Waals surface area contributed by atoms with Crippen LogP contribution in [0.3, 0.4) is 0 Å². The quantitative estimate of drug-likeness (QED) is 0.490. The van der Waals surface area contributed by atoms with Crippen molar-refractivity contribution in [3.8, 4) is 0 Å². The summed E-state index contributed by atoms with van der Waals surface area (Å²) >= 11 is 0. The van der Waals surface area contributed by atoms with Gasteiger partial charge in [-0.15, -0.1) is 0 Å². The Kier molecular flexibility index (Phi) is 1.60. The number of amides is 1. The first-order chi connectivity index (χ1) is 4.52. The lowest BCUT2D eigenvalue weighted by atomic mass is 10.1. The highest BCUT2D eigenvalue weighted by Crippen LogP contribution is 2.23. The van der Waals surface area contributed by atoms with Crippen LogP contribution in [0.5, 0.6) is 0 Å². The van der Waals surface area contributed by atoms with Crippen LogP contribution in [0.15, 0.2) is 0 Å². The molecule has 1 aliphatic rings. The molecule has 0 aromatic carbocycles. The summed E-state index contributed by atoms with van der Waals surface area (Å²) in [6, 6.07) is 0. The van der Waals surface area contributed by atoms with Crippen molar-refractivity contribution >= 4 is 5.91 Å². The molecule has 0 saturated carbocycles. The minimum Gasteiger partial charge on any atom is -0.391 e. The maximum absolute atomic E-state index is 12.3. The Morgan fingerprint density at radius 1 is 1.70 bits per heavy atom. The second-order valence-corrected chi connectivity index (χ2v) is 2.27. The predicted molar refractivity (Wildman–Crippen MR) is 28.6 cm³/mol. The second-order valence-electron chi connectivity index (χ2n) is 2.27. The van der Waals surface area contributed by atoms with Crippen LogP contribution in [0.2, 0.25) is 0 Å². The molecule has 1 rings (SSSR count). The molecule has 1 amide bonds. The molecule has 0 aliphatic carbocycles. The first-order valence-corrected chi connectivity index (χ1v) is 2.86. The monoisotopic (exact) mass is 151 g/mol. The van der Waals surface area contributed by atoms with E-state index in [-0.39, 0.29) is 6.54 Å². The molecular weight excluding hydrogens is 144 g/mol. The standard InChI is InChI=1S/C5H7F2NO2/c6-5(7)1-3(9)2-8-4(5)10/h3,9H,1-2H2,(H,8,10)/t3-/m1/s1. The fourth-order valence-corrected chi connectivity index (χ4v) is 0.801. The number of nitrogens with one attached hydrogen (secondary N) is 1. The van der Waals surface area contributed by atoms with Crippen molar-refractivity contribution < 1.29 is 18.7 Å². The van der Waals surface area contributed by atoms with Crippen LogP contribution in [0.1, 0.15) is 6.42 Å². The number of β-amino-alcohol motifs (C(OH)–C–C–N with tert-alkyl or cyclic N) is 1. The zero-order chi connectivity index (χ0) is 7.78.